The van der Waals surface area contributed by atoms with Crippen LogP contribution in [-0.4, -0.2) is 0 Å². The molecule has 0 saturated heterocycles. The fourth-order valence-corrected chi connectivity index (χ4v) is 2.96. The van der Waals surface area contributed by atoms with E-state index in [4.69, 9.17) is 0 Å². The predicted octanol–water partition coefficient (Wildman–Crippen LogP) is 6.43. The molecule has 2 rings (SSSR count). The van der Waals surface area contributed by atoms with Gasteiger partial charge in [0.1, 0.15) is 0 Å². The maximum absolute atomic E-state index is 2.41. The molecule has 1 fully saturated rings. The van der Waals surface area contributed by atoms with E-state index >= 15 is 0 Å². The van der Waals surface area contributed by atoms with Crippen molar-refractivity contribution < 1.29 is 0 Å². The maximum Gasteiger partial charge on any atom is -0.00181 e. The number of aryl methyl sites for hydroxylation is 2. The minimum atomic E-state index is 0.535. The van der Waals surface area contributed by atoms with E-state index in [1.54, 1.807) is 5.56 Å². The van der Waals surface area contributed by atoms with Crippen LogP contribution in [-0.2, 0) is 5.41 Å². The van der Waals surface area contributed by atoms with E-state index in [1.807, 2.05) is 0 Å². The summed E-state index contributed by atoms with van der Waals surface area (Å²) < 4.78 is 0. The summed E-state index contributed by atoms with van der Waals surface area (Å²) in [5, 5.41) is 0. The molecule has 0 aromatic heterocycles. The number of benzene rings is 1. The molecular formula is C20H34. The molecule has 0 bridgehead atoms. The van der Waals surface area contributed by atoms with Gasteiger partial charge in [0.2, 0.25) is 0 Å². The van der Waals surface area contributed by atoms with Crippen LogP contribution in [0, 0.1) is 25.7 Å². The van der Waals surface area contributed by atoms with Gasteiger partial charge in [0.25, 0.3) is 0 Å². The van der Waals surface area contributed by atoms with Crippen LogP contribution < -0.4 is 0 Å². The van der Waals surface area contributed by atoms with Crippen LogP contribution in [0.5, 0.6) is 0 Å². The summed E-state index contributed by atoms with van der Waals surface area (Å²) in [6.45, 7) is 15.7. The van der Waals surface area contributed by atoms with Gasteiger partial charge in [-0.05, 0) is 60.6 Å². The third-order valence-electron chi connectivity index (χ3n) is 5.25. The van der Waals surface area contributed by atoms with Gasteiger partial charge in [0.05, 0.1) is 0 Å². The Morgan fingerprint density at radius 3 is 2.05 bits per heavy atom. The van der Waals surface area contributed by atoms with E-state index in [-0.39, 0.29) is 0 Å². The van der Waals surface area contributed by atoms with Crippen LogP contribution in [0.25, 0.3) is 0 Å². The van der Waals surface area contributed by atoms with E-state index in [2.05, 4.69) is 66.7 Å². The third-order valence-corrected chi connectivity index (χ3v) is 5.25. The molecule has 0 spiro atoms. The number of hydrogen-bond acceptors (Lipinski definition) is 0. The van der Waals surface area contributed by atoms with Crippen molar-refractivity contribution in [2.75, 3.05) is 0 Å². The Hall–Kier alpha value is -0.780. The molecule has 0 heterocycles. The minimum Gasteiger partial charge on any atom is -0.0651 e. The smallest absolute Gasteiger partial charge is 0.00181 e. The van der Waals surface area contributed by atoms with E-state index in [9.17, 15) is 0 Å². The average Bonchev–Trinajstić information content (AvgIpc) is 3.17. The number of rotatable bonds is 4. The summed E-state index contributed by atoms with van der Waals surface area (Å²) >= 11 is 0. The van der Waals surface area contributed by atoms with Crippen molar-refractivity contribution in [2.45, 2.75) is 79.6 Å². The van der Waals surface area contributed by atoms with Gasteiger partial charge in [-0.3, -0.25) is 0 Å². The normalized spacial score (nSPS) is 24.3. The molecule has 0 nitrogen and oxygen atoms in total. The quantitative estimate of drug-likeness (QED) is 0.593. The van der Waals surface area contributed by atoms with Crippen molar-refractivity contribution in [3.8, 4) is 0 Å². The van der Waals surface area contributed by atoms with Gasteiger partial charge in [0, 0.05) is 0 Å². The van der Waals surface area contributed by atoms with Crippen molar-refractivity contribution in [3.63, 3.8) is 0 Å². The molecule has 1 saturated carbocycles. The maximum atomic E-state index is 2.41. The monoisotopic (exact) mass is 274 g/mol. The first kappa shape index (κ1) is 17.3. The molecule has 1 aromatic carbocycles. The Kier molecular flexibility index (Phi) is 6.30. The summed E-state index contributed by atoms with van der Waals surface area (Å²) in [5.41, 5.74) is 4.98. The molecule has 114 valence electrons. The van der Waals surface area contributed by atoms with E-state index in [1.165, 1.54) is 36.8 Å². The largest absolute Gasteiger partial charge is 0.0651 e. The van der Waals surface area contributed by atoms with Crippen molar-refractivity contribution in [1.29, 1.82) is 0 Å². The van der Waals surface area contributed by atoms with Crippen LogP contribution >= 0.6 is 0 Å². The molecule has 0 aliphatic heterocycles. The molecule has 1 aromatic rings. The van der Waals surface area contributed by atoms with Crippen molar-refractivity contribution in [1.82, 2.24) is 0 Å². The first-order valence-corrected chi connectivity index (χ1v) is 8.48. The van der Waals surface area contributed by atoms with Gasteiger partial charge in [-0.25, -0.2) is 0 Å². The van der Waals surface area contributed by atoms with Crippen LogP contribution in [0.1, 0.15) is 77.0 Å². The third kappa shape index (κ3) is 3.87. The van der Waals surface area contributed by atoms with Crippen molar-refractivity contribution in [3.05, 3.63) is 34.9 Å². The van der Waals surface area contributed by atoms with E-state index in [0.29, 0.717) is 5.41 Å². The topological polar surface area (TPSA) is 0 Å². The predicted molar refractivity (Wildman–Crippen MR) is 91.4 cm³/mol. The molecule has 1 aliphatic rings. The van der Waals surface area contributed by atoms with E-state index < -0.39 is 0 Å². The second-order valence-electron chi connectivity index (χ2n) is 6.92. The number of hydrogen-bond donors (Lipinski definition) is 0. The van der Waals surface area contributed by atoms with Gasteiger partial charge in [-0.15, -0.1) is 0 Å². The Bertz CT molecular complexity index is 416. The summed E-state index contributed by atoms with van der Waals surface area (Å²) in [5.74, 6) is 1.82. The van der Waals surface area contributed by atoms with Gasteiger partial charge in [-0.1, -0.05) is 65.7 Å². The molecule has 20 heavy (non-hydrogen) atoms. The molecule has 0 heteroatoms. The van der Waals surface area contributed by atoms with Crippen molar-refractivity contribution in [2.24, 2.45) is 11.8 Å². The van der Waals surface area contributed by atoms with Gasteiger partial charge < -0.3 is 0 Å². The lowest BCUT2D eigenvalue weighted by Gasteiger charge is -2.17. The standard InChI is InChI=1S/C15H22.C5H12/c1-5-13-10-15(13,6-2)14-8-7-11(3)12(4)9-14;1-4-5(2)3/h7-9,13H,5-6,10H2,1-4H3;5H,4H2,1-3H3. The molecule has 0 N–H and O–H groups in total. The molecule has 0 radical (unpaired) electrons. The SMILES string of the molecule is CCC(C)C.CCC1CC1(CC)c1ccc(C)c(C)c1. The first-order valence-electron chi connectivity index (χ1n) is 8.48. The summed E-state index contributed by atoms with van der Waals surface area (Å²) in [4.78, 5) is 0. The van der Waals surface area contributed by atoms with Gasteiger partial charge in [-0.2, -0.15) is 0 Å². The van der Waals surface area contributed by atoms with Gasteiger partial charge >= 0.3 is 0 Å². The summed E-state index contributed by atoms with van der Waals surface area (Å²) in [7, 11) is 0. The molecule has 2 unspecified atom stereocenters. The highest BCUT2D eigenvalue weighted by atomic mass is 14.6. The second kappa shape index (κ2) is 7.29. The highest BCUT2D eigenvalue weighted by Gasteiger charge is 2.52. The fourth-order valence-electron chi connectivity index (χ4n) is 2.96. The zero-order valence-corrected chi connectivity index (χ0v) is 14.7. The average molecular weight is 274 g/mol. The summed E-state index contributed by atoms with van der Waals surface area (Å²) in [6, 6.07) is 7.04. The molecule has 0 amide bonds. The second-order valence-corrected chi connectivity index (χ2v) is 6.92. The minimum absolute atomic E-state index is 0.535. The van der Waals surface area contributed by atoms with E-state index in [0.717, 1.165) is 11.8 Å². The van der Waals surface area contributed by atoms with Crippen LogP contribution in [0.2, 0.25) is 0 Å². The Morgan fingerprint density at radius 1 is 1.10 bits per heavy atom. The zero-order valence-electron chi connectivity index (χ0n) is 14.7. The fraction of sp³-hybridized carbons (Fsp3) is 0.700. The Morgan fingerprint density at radius 2 is 1.70 bits per heavy atom. The Labute approximate surface area is 127 Å². The first-order chi connectivity index (χ1) is 9.41. The Balaban J connectivity index is 0.000000347. The molecule has 2 atom stereocenters. The highest BCUT2D eigenvalue weighted by Crippen LogP contribution is 2.58. The van der Waals surface area contributed by atoms with Crippen molar-refractivity contribution >= 4 is 0 Å². The molecular weight excluding hydrogens is 240 g/mol. The zero-order chi connectivity index (χ0) is 15.3. The van der Waals surface area contributed by atoms with Crippen LogP contribution in [0.4, 0.5) is 0 Å². The highest BCUT2D eigenvalue weighted by molar-refractivity contribution is 5.39. The lowest BCUT2D eigenvalue weighted by molar-refractivity contribution is 0.571. The molecule has 1 aliphatic carbocycles. The van der Waals surface area contributed by atoms with Crippen LogP contribution in [0.15, 0.2) is 18.2 Å². The van der Waals surface area contributed by atoms with Gasteiger partial charge in [0.15, 0.2) is 0 Å². The lowest BCUT2D eigenvalue weighted by atomic mass is 9.88. The summed E-state index contributed by atoms with van der Waals surface area (Å²) in [6.07, 6.45) is 5.34. The lowest BCUT2D eigenvalue weighted by Crippen LogP contribution is -2.08. The van der Waals surface area contributed by atoms with Crippen LogP contribution in [0.3, 0.4) is 0 Å².